The van der Waals surface area contributed by atoms with E-state index in [0.29, 0.717) is 6.04 Å². The zero-order chi connectivity index (χ0) is 13.9. The Labute approximate surface area is 121 Å². The van der Waals surface area contributed by atoms with E-state index in [1.165, 1.54) is 17.1 Å². The quantitative estimate of drug-likeness (QED) is 0.905. The van der Waals surface area contributed by atoms with Crippen molar-refractivity contribution in [1.82, 2.24) is 14.9 Å². The van der Waals surface area contributed by atoms with Crippen molar-refractivity contribution in [1.29, 1.82) is 0 Å². The van der Waals surface area contributed by atoms with Gasteiger partial charge in [-0.1, -0.05) is 10.6 Å². The van der Waals surface area contributed by atoms with Crippen molar-refractivity contribution in [2.24, 2.45) is 5.92 Å². The molecule has 2 N–H and O–H groups in total. The lowest BCUT2D eigenvalue weighted by Crippen LogP contribution is -2.34. The number of benzene rings is 1. The molecule has 0 atom stereocenters. The fourth-order valence-corrected chi connectivity index (χ4v) is 3.28. The summed E-state index contributed by atoms with van der Waals surface area (Å²) in [5.74, 6) is -0.796. The first kappa shape index (κ1) is 13.5. The number of rotatable bonds is 4. The first-order chi connectivity index (χ1) is 9.72. The van der Waals surface area contributed by atoms with Crippen molar-refractivity contribution in [3.8, 4) is 0 Å². The second-order valence-corrected chi connectivity index (χ2v) is 6.13. The number of carbonyl (C=O) groups is 1. The molecule has 0 bridgehead atoms. The number of nitrogens with one attached hydrogen (secondary N) is 1. The molecule has 0 saturated heterocycles. The lowest BCUT2D eigenvalue weighted by molar-refractivity contribution is -0.142. The molecule has 106 valence electrons. The summed E-state index contributed by atoms with van der Waals surface area (Å²) in [7, 11) is 0. The van der Waals surface area contributed by atoms with Crippen molar-refractivity contribution in [3.63, 3.8) is 0 Å². The van der Waals surface area contributed by atoms with Gasteiger partial charge in [0.25, 0.3) is 0 Å². The SMILES string of the molecule is O=C(O)[C@H]1CC[C@H](NCc2ccc3snnc3c2)CC1. The van der Waals surface area contributed by atoms with Crippen LogP contribution in [0.25, 0.3) is 10.2 Å². The molecule has 5 nitrogen and oxygen atoms in total. The molecule has 0 unspecified atom stereocenters. The Kier molecular flexibility index (Phi) is 3.93. The van der Waals surface area contributed by atoms with Crippen LogP contribution >= 0.6 is 11.5 Å². The van der Waals surface area contributed by atoms with Gasteiger partial charge in [-0.15, -0.1) is 5.10 Å². The van der Waals surface area contributed by atoms with Crippen LogP contribution in [0.5, 0.6) is 0 Å². The molecule has 0 aliphatic heterocycles. The predicted octanol–water partition coefficient (Wildman–Crippen LogP) is 2.42. The normalized spacial score (nSPS) is 23.0. The average Bonchev–Trinajstić information content (AvgIpc) is 2.93. The molecule has 20 heavy (non-hydrogen) atoms. The van der Waals surface area contributed by atoms with Crippen molar-refractivity contribution >= 4 is 27.7 Å². The van der Waals surface area contributed by atoms with Crippen LogP contribution in [0.4, 0.5) is 0 Å². The van der Waals surface area contributed by atoms with Gasteiger partial charge in [-0.2, -0.15) is 0 Å². The molecule has 0 spiro atoms. The fraction of sp³-hybridized carbons (Fsp3) is 0.500. The third kappa shape index (κ3) is 2.96. The fourth-order valence-electron chi connectivity index (χ4n) is 2.74. The highest BCUT2D eigenvalue weighted by Gasteiger charge is 2.25. The van der Waals surface area contributed by atoms with Crippen LogP contribution in [-0.2, 0) is 11.3 Å². The van der Waals surface area contributed by atoms with Crippen LogP contribution in [0, 0.1) is 5.92 Å². The van der Waals surface area contributed by atoms with Crippen molar-refractivity contribution in [3.05, 3.63) is 23.8 Å². The van der Waals surface area contributed by atoms with Gasteiger partial charge in [-0.3, -0.25) is 4.79 Å². The molecule has 1 aromatic carbocycles. The van der Waals surface area contributed by atoms with E-state index in [1.54, 1.807) is 0 Å². The summed E-state index contributed by atoms with van der Waals surface area (Å²) in [5.41, 5.74) is 2.15. The number of hydrogen-bond donors (Lipinski definition) is 2. The van der Waals surface area contributed by atoms with E-state index >= 15 is 0 Å². The van der Waals surface area contributed by atoms with E-state index < -0.39 is 5.97 Å². The summed E-state index contributed by atoms with van der Waals surface area (Å²) in [6.45, 7) is 0.801. The van der Waals surface area contributed by atoms with E-state index in [1.807, 2.05) is 0 Å². The maximum absolute atomic E-state index is 10.9. The summed E-state index contributed by atoms with van der Waals surface area (Å²) < 4.78 is 5.04. The largest absolute Gasteiger partial charge is 0.481 e. The Morgan fingerprint density at radius 1 is 1.35 bits per heavy atom. The van der Waals surface area contributed by atoms with Crippen LogP contribution in [0.2, 0.25) is 0 Å². The molecular weight excluding hydrogens is 274 g/mol. The van der Waals surface area contributed by atoms with Gasteiger partial charge < -0.3 is 10.4 Å². The standard InChI is InChI=1S/C14H17N3O2S/c18-14(19)10-2-4-11(5-3-10)15-8-9-1-6-13-12(7-9)16-17-20-13/h1,6-7,10-11,15H,2-5,8H2,(H,18,19)/t10-,11-. The third-order valence-corrected chi connectivity index (χ3v) is 4.69. The zero-order valence-corrected chi connectivity index (χ0v) is 11.9. The number of carboxylic acids is 1. The topological polar surface area (TPSA) is 75.1 Å². The summed E-state index contributed by atoms with van der Waals surface area (Å²) >= 11 is 1.41. The average molecular weight is 291 g/mol. The van der Waals surface area contributed by atoms with E-state index in [0.717, 1.165) is 42.4 Å². The number of fused-ring (bicyclic) bond motifs is 1. The number of nitrogens with zero attached hydrogens (tertiary/aromatic N) is 2. The van der Waals surface area contributed by atoms with Crippen LogP contribution < -0.4 is 5.32 Å². The molecule has 0 radical (unpaired) electrons. The van der Waals surface area contributed by atoms with Crippen LogP contribution in [0.1, 0.15) is 31.2 Å². The maximum Gasteiger partial charge on any atom is 0.306 e. The van der Waals surface area contributed by atoms with Gasteiger partial charge in [0.1, 0.15) is 5.52 Å². The Hall–Kier alpha value is -1.53. The highest BCUT2D eigenvalue weighted by atomic mass is 32.1. The van der Waals surface area contributed by atoms with Gasteiger partial charge in [-0.05, 0) is 54.9 Å². The minimum Gasteiger partial charge on any atom is -0.481 e. The second kappa shape index (κ2) is 5.85. The molecule has 6 heteroatoms. The Morgan fingerprint density at radius 2 is 2.15 bits per heavy atom. The van der Waals surface area contributed by atoms with Crippen LogP contribution in [0.15, 0.2) is 18.2 Å². The van der Waals surface area contributed by atoms with Crippen molar-refractivity contribution < 1.29 is 9.90 Å². The minimum atomic E-state index is -0.648. The summed E-state index contributed by atoms with van der Waals surface area (Å²) in [5, 5.41) is 16.6. The highest BCUT2D eigenvalue weighted by molar-refractivity contribution is 7.12. The van der Waals surface area contributed by atoms with E-state index in [2.05, 4.69) is 33.1 Å². The Balaban J connectivity index is 1.53. The lowest BCUT2D eigenvalue weighted by Gasteiger charge is -2.27. The molecule has 0 amide bonds. The number of carboxylic acid groups (broad SMARTS) is 1. The van der Waals surface area contributed by atoms with Gasteiger partial charge >= 0.3 is 5.97 Å². The minimum absolute atomic E-state index is 0.148. The monoisotopic (exact) mass is 291 g/mol. The Bertz CT molecular complexity index is 605. The molecule has 1 heterocycles. The van der Waals surface area contributed by atoms with Gasteiger partial charge in [0.05, 0.1) is 10.6 Å². The van der Waals surface area contributed by atoms with Crippen LogP contribution in [-0.4, -0.2) is 26.7 Å². The summed E-state index contributed by atoms with van der Waals surface area (Å²) in [6.07, 6.45) is 3.44. The van der Waals surface area contributed by atoms with Gasteiger partial charge in [0.15, 0.2) is 0 Å². The van der Waals surface area contributed by atoms with E-state index in [4.69, 9.17) is 5.11 Å². The summed E-state index contributed by atoms with van der Waals surface area (Å²) in [4.78, 5) is 10.9. The lowest BCUT2D eigenvalue weighted by atomic mass is 9.86. The molecule has 2 aromatic rings. The maximum atomic E-state index is 10.9. The zero-order valence-electron chi connectivity index (χ0n) is 11.1. The second-order valence-electron chi connectivity index (χ2n) is 5.34. The van der Waals surface area contributed by atoms with Gasteiger partial charge in [-0.25, -0.2) is 0 Å². The molecule has 1 aromatic heterocycles. The Morgan fingerprint density at radius 3 is 2.90 bits per heavy atom. The van der Waals surface area contributed by atoms with Gasteiger partial charge in [0.2, 0.25) is 0 Å². The molecule has 1 fully saturated rings. The van der Waals surface area contributed by atoms with Gasteiger partial charge in [0, 0.05) is 12.6 Å². The number of hydrogen-bond acceptors (Lipinski definition) is 5. The van der Waals surface area contributed by atoms with Crippen molar-refractivity contribution in [2.45, 2.75) is 38.3 Å². The van der Waals surface area contributed by atoms with E-state index in [9.17, 15) is 4.79 Å². The van der Waals surface area contributed by atoms with Crippen molar-refractivity contribution in [2.75, 3.05) is 0 Å². The smallest absolute Gasteiger partial charge is 0.306 e. The third-order valence-electron chi connectivity index (χ3n) is 3.98. The number of aliphatic carboxylic acids is 1. The summed E-state index contributed by atoms with van der Waals surface area (Å²) in [6, 6.07) is 6.64. The van der Waals surface area contributed by atoms with Crippen LogP contribution in [0.3, 0.4) is 0 Å². The first-order valence-electron chi connectivity index (χ1n) is 6.89. The molecule has 1 saturated carbocycles. The molecule has 3 rings (SSSR count). The molecular formula is C14H17N3O2S. The number of aromatic nitrogens is 2. The first-order valence-corrected chi connectivity index (χ1v) is 7.67. The van der Waals surface area contributed by atoms with E-state index in [-0.39, 0.29) is 5.92 Å². The highest BCUT2D eigenvalue weighted by Crippen LogP contribution is 2.25. The molecule has 1 aliphatic rings. The molecule has 1 aliphatic carbocycles. The predicted molar refractivity (Wildman–Crippen MR) is 77.6 cm³/mol.